The van der Waals surface area contributed by atoms with Crippen molar-refractivity contribution >= 4 is 26.7 Å². The topological polar surface area (TPSA) is 24.9 Å². The lowest BCUT2D eigenvalue weighted by molar-refractivity contribution is 0.378. The fourth-order valence-electron chi connectivity index (χ4n) is 2.67. The normalized spacial score (nSPS) is 23.1. The smallest absolute Gasteiger partial charge is 0.184 e. The molecule has 1 aromatic heterocycles. The number of para-hydroxylation sites is 1. The Hall–Kier alpha value is -1.09. The Balaban J connectivity index is 1.77. The molecule has 1 unspecified atom stereocenters. The summed E-state index contributed by atoms with van der Waals surface area (Å²) < 4.78 is 1.27. The average Bonchev–Trinajstić information content (AvgIpc) is 2.81. The second kappa shape index (κ2) is 3.98. The third kappa shape index (κ3) is 2.29. The largest absolute Gasteiger partial charge is 0.359 e. The quantitative estimate of drug-likeness (QED) is 0.855. The van der Waals surface area contributed by atoms with Gasteiger partial charge in [-0.1, -0.05) is 37.3 Å². The zero-order valence-electron chi connectivity index (χ0n) is 10.4. The van der Waals surface area contributed by atoms with Crippen molar-refractivity contribution in [3.8, 4) is 0 Å². The molecule has 90 valence electrons. The van der Waals surface area contributed by atoms with Crippen LogP contribution in [0.4, 0.5) is 5.13 Å². The van der Waals surface area contributed by atoms with Gasteiger partial charge in [0.1, 0.15) is 0 Å². The van der Waals surface area contributed by atoms with Crippen molar-refractivity contribution < 1.29 is 0 Å². The Bertz CT molecular complexity index is 497. The number of hydrogen-bond acceptors (Lipinski definition) is 3. The molecule has 1 fully saturated rings. The molecule has 2 aromatic rings. The van der Waals surface area contributed by atoms with Crippen LogP contribution in [0.5, 0.6) is 0 Å². The van der Waals surface area contributed by atoms with E-state index in [0.29, 0.717) is 11.5 Å². The number of benzene rings is 1. The van der Waals surface area contributed by atoms with Gasteiger partial charge in [0.2, 0.25) is 0 Å². The van der Waals surface area contributed by atoms with Crippen molar-refractivity contribution in [3.63, 3.8) is 0 Å². The Morgan fingerprint density at radius 3 is 2.88 bits per heavy atom. The molecule has 0 amide bonds. The number of rotatable bonds is 2. The van der Waals surface area contributed by atoms with Crippen molar-refractivity contribution in [1.82, 2.24) is 4.98 Å². The second-order valence-electron chi connectivity index (χ2n) is 5.74. The lowest BCUT2D eigenvalue weighted by Gasteiger charge is -2.17. The van der Waals surface area contributed by atoms with E-state index in [2.05, 4.69) is 42.3 Å². The van der Waals surface area contributed by atoms with Crippen LogP contribution in [-0.4, -0.2) is 11.0 Å². The monoisotopic (exact) mass is 246 g/mol. The van der Waals surface area contributed by atoms with Gasteiger partial charge in [0.05, 0.1) is 10.2 Å². The first-order valence-corrected chi connectivity index (χ1v) is 7.06. The summed E-state index contributed by atoms with van der Waals surface area (Å²) in [5.41, 5.74) is 1.60. The Morgan fingerprint density at radius 1 is 1.35 bits per heavy atom. The minimum Gasteiger partial charge on any atom is -0.359 e. The molecule has 0 saturated heterocycles. The highest BCUT2D eigenvalue weighted by molar-refractivity contribution is 7.22. The van der Waals surface area contributed by atoms with Gasteiger partial charge in [0, 0.05) is 6.04 Å². The van der Waals surface area contributed by atoms with Gasteiger partial charge in [-0.05, 0) is 36.8 Å². The molecule has 1 atom stereocenters. The van der Waals surface area contributed by atoms with Gasteiger partial charge in [-0.2, -0.15) is 0 Å². The SMILES string of the molecule is CC1(C)CCC(Nc2nc3ccccc3s2)C1. The van der Waals surface area contributed by atoms with Crippen molar-refractivity contribution in [1.29, 1.82) is 0 Å². The summed E-state index contributed by atoms with van der Waals surface area (Å²) in [4.78, 5) is 4.63. The van der Waals surface area contributed by atoms with E-state index in [0.717, 1.165) is 10.6 Å². The van der Waals surface area contributed by atoms with Gasteiger partial charge in [-0.25, -0.2) is 4.98 Å². The van der Waals surface area contributed by atoms with Crippen LogP contribution >= 0.6 is 11.3 Å². The van der Waals surface area contributed by atoms with Gasteiger partial charge in [0.25, 0.3) is 0 Å². The van der Waals surface area contributed by atoms with Gasteiger partial charge < -0.3 is 5.32 Å². The maximum absolute atomic E-state index is 4.63. The zero-order chi connectivity index (χ0) is 11.9. The molecule has 0 spiro atoms. The van der Waals surface area contributed by atoms with Crippen LogP contribution in [-0.2, 0) is 0 Å². The minimum atomic E-state index is 0.494. The molecular formula is C14H18N2S. The summed E-state index contributed by atoms with van der Waals surface area (Å²) in [5, 5.41) is 4.67. The summed E-state index contributed by atoms with van der Waals surface area (Å²) in [7, 11) is 0. The van der Waals surface area contributed by atoms with Gasteiger partial charge in [-0.15, -0.1) is 0 Å². The lowest BCUT2D eigenvalue weighted by Crippen LogP contribution is -2.17. The predicted octanol–water partition coefficient (Wildman–Crippen LogP) is 4.29. The first-order valence-electron chi connectivity index (χ1n) is 6.25. The maximum atomic E-state index is 4.63. The van der Waals surface area contributed by atoms with E-state index < -0.39 is 0 Å². The molecule has 3 heteroatoms. The fourth-order valence-corrected chi connectivity index (χ4v) is 3.61. The van der Waals surface area contributed by atoms with Crippen LogP contribution in [0.1, 0.15) is 33.1 Å². The van der Waals surface area contributed by atoms with E-state index in [9.17, 15) is 0 Å². The molecule has 0 aliphatic heterocycles. The first kappa shape index (κ1) is 11.0. The molecule has 0 bridgehead atoms. The molecule has 17 heavy (non-hydrogen) atoms. The van der Waals surface area contributed by atoms with Crippen LogP contribution < -0.4 is 5.32 Å². The predicted molar refractivity (Wildman–Crippen MR) is 74.7 cm³/mol. The van der Waals surface area contributed by atoms with Crippen molar-refractivity contribution in [2.45, 2.75) is 39.2 Å². The Kier molecular flexibility index (Phi) is 2.58. The van der Waals surface area contributed by atoms with Crippen LogP contribution in [0.15, 0.2) is 24.3 Å². The third-order valence-corrected chi connectivity index (χ3v) is 4.56. The van der Waals surface area contributed by atoms with E-state index in [4.69, 9.17) is 0 Å². The van der Waals surface area contributed by atoms with Crippen molar-refractivity contribution in [2.75, 3.05) is 5.32 Å². The van der Waals surface area contributed by atoms with E-state index in [-0.39, 0.29) is 0 Å². The highest BCUT2D eigenvalue weighted by Crippen LogP contribution is 2.39. The number of thiazole rings is 1. The average molecular weight is 246 g/mol. The van der Waals surface area contributed by atoms with Crippen LogP contribution in [0.2, 0.25) is 0 Å². The molecule has 0 radical (unpaired) electrons. The van der Waals surface area contributed by atoms with Crippen LogP contribution in [0, 0.1) is 5.41 Å². The molecule has 2 nitrogen and oxygen atoms in total. The zero-order valence-corrected chi connectivity index (χ0v) is 11.2. The minimum absolute atomic E-state index is 0.494. The van der Waals surface area contributed by atoms with Crippen molar-refractivity contribution in [2.24, 2.45) is 5.41 Å². The number of anilines is 1. The highest BCUT2D eigenvalue weighted by Gasteiger charge is 2.31. The molecular weight excluding hydrogens is 228 g/mol. The fraction of sp³-hybridized carbons (Fsp3) is 0.500. The molecule has 3 rings (SSSR count). The number of nitrogens with one attached hydrogen (secondary N) is 1. The summed E-state index contributed by atoms with van der Waals surface area (Å²) in [6.07, 6.45) is 3.83. The summed E-state index contributed by atoms with van der Waals surface area (Å²) in [6, 6.07) is 8.94. The number of nitrogens with zero attached hydrogens (tertiary/aromatic N) is 1. The molecule has 1 aliphatic carbocycles. The van der Waals surface area contributed by atoms with Crippen LogP contribution in [0.25, 0.3) is 10.2 Å². The van der Waals surface area contributed by atoms with Crippen molar-refractivity contribution in [3.05, 3.63) is 24.3 Å². The Labute approximate surface area is 106 Å². The summed E-state index contributed by atoms with van der Waals surface area (Å²) in [5.74, 6) is 0. The van der Waals surface area contributed by atoms with E-state index in [1.165, 1.54) is 24.0 Å². The lowest BCUT2D eigenvalue weighted by atomic mass is 9.92. The number of fused-ring (bicyclic) bond motifs is 1. The third-order valence-electron chi connectivity index (χ3n) is 3.59. The summed E-state index contributed by atoms with van der Waals surface area (Å²) in [6.45, 7) is 4.71. The molecule has 1 aromatic carbocycles. The van der Waals surface area contributed by atoms with Gasteiger partial charge in [-0.3, -0.25) is 0 Å². The number of hydrogen-bond donors (Lipinski definition) is 1. The molecule has 1 heterocycles. The Morgan fingerprint density at radius 2 is 2.18 bits per heavy atom. The van der Waals surface area contributed by atoms with Gasteiger partial charge >= 0.3 is 0 Å². The number of aromatic nitrogens is 1. The van der Waals surface area contributed by atoms with Crippen LogP contribution in [0.3, 0.4) is 0 Å². The maximum Gasteiger partial charge on any atom is 0.184 e. The second-order valence-corrected chi connectivity index (χ2v) is 6.77. The first-order chi connectivity index (χ1) is 8.12. The van der Waals surface area contributed by atoms with E-state index in [1.807, 2.05) is 6.07 Å². The van der Waals surface area contributed by atoms with Gasteiger partial charge in [0.15, 0.2) is 5.13 Å². The summed E-state index contributed by atoms with van der Waals surface area (Å²) >= 11 is 1.76. The molecule has 1 saturated carbocycles. The molecule has 1 N–H and O–H groups in total. The standard InChI is InChI=1S/C14H18N2S/c1-14(2)8-7-10(9-14)15-13-16-11-5-3-4-6-12(11)17-13/h3-6,10H,7-9H2,1-2H3,(H,15,16). The molecule has 1 aliphatic rings. The van der Waals surface area contributed by atoms with E-state index in [1.54, 1.807) is 11.3 Å². The van der Waals surface area contributed by atoms with E-state index >= 15 is 0 Å². The highest BCUT2D eigenvalue weighted by atomic mass is 32.1.